The average Bonchev–Trinajstić information content (AvgIpc) is 3.79. The van der Waals surface area contributed by atoms with E-state index in [9.17, 15) is 0 Å². The topological polar surface area (TPSA) is 29.3 Å². The summed E-state index contributed by atoms with van der Waals surface area (Å²) in [5.74, 6) is 0. The Morgan fingerprint density at radius 1 is 0.436 bits per heavy atom. The van der Waals surface area contributed by atoms with E-state index in [1.165, 1.54) is 33.4 Å². The Bertz CT molecular complexity index is 3000. The Balaban J connectivity index is 1.20. The van der Waals surface area contributed by atoms with Crippen molar-refractivity contribution in [3.05, 3.63) is 229 Å². The van der Waals surface area contributed by atoms with Gasteiger partial charge in [-0.25, -0.2) is 0 Å². The lowest BCUT2D eigenvalue weighted by Crippen LogP contribution is -2.28. The first kappa shape index (κ1) is 31.3. The van der Waals surface area contributed by atoms with Crippen LogP contribution in [0.4, 0.5) is 17.1 Å². The van der Waals surface area contributed by atoms with E-state index in [0.29, 0.717) is 0 Å². The van der Waals surface area contributed by atoms with Gasteiger partial charge in [-0.05, 0) is 99.6 Å². The monoisotopic (exact) mass is 702 g/mol. The third kappa shape index (κ3) is 4.73. The van der Waals surface area contributed by atoms with Gasteiger partial charge in [0, 0.05) is 39.3 Å². The van der Waals surface area contributed by atoms with Crippen LogP contribution in [0.15, 0.2) is 211 Å². The molecular formula is C52H34N2O. The minimum absolute atomic E-state index is 0.519. The Morgan fingerprint density at radius 2 is 1.07 bits per heavy atom. The second-order valence-electron chi connectivity index (χ2n) is 14.3. The molecule has 0 amide bonds. The van der Waals surface area contributed by atoms with Crippen molar-refractivity contribution in [2.75, 3.05) is 4.90 Å². The zero-order chi connectivity index (χ0) is 36.3. The SMILES string of the molecule is c1ccc(-c2ccccc2N(c2ccc3c(c2)C(c2ccccc2)(c2ccccc2)c2ccccc2-3)c2ccc3oc4c5cccnc5ccc4c3c2)cc1. The van der Waals surface area contributed by atoms with Gasteiger partial charge in [0.15, 0.2) is 0 Å². The highest BCUT2D eigenvalue weighted by Gasteiger charge is 2.46. The summed E-state index contributed by atoms with van der Waals surface area (Å²) in [5, 5.41) is 3.16. The van der Waals surface area contributed by atoms with Crippen LogP contribution in [0.25, 0.3) is 55.1 Å². The van der Waals surface area contributed by atoms with E-state index >= 15 is 0 Å². The van der Waals surface area contributed by atoms with Crippen molar-refractivity contribution in [3.8, 4) is 22.3 Å². The number of furan rings is 1. The van der Waals surface area contributed by atoms with Crippen LogP contribution in [0.3, 0.4) is 0 Å². The Morgan fingerprint density at radius 3 is 1.85 bits per heavy atom. The van der Waals surface area contributed by atoms with Gasteiger partial charge in [-0.3, -0.25) is 4.98 Å². The summed E-state index contributed by atoms with van der Waals surface area (Å²) in [6, 6.07) is 72.3. The van der Waals surface area contributed by atoms with Crippen molar-refractivity contribution < 1.29 is 4.42 Å². The highest BCUT2D eigenvalue weighted by Crippen LogP contribution is 2.57. The van der Waals surface area contributed by atoms with Gasteiger partial charge in [0.2, 0.25) is 0 Å². The van der Waals surface area contributed by atoms with Crippen LogP contribution in [-0.2, 0) is 5.41 Å². The lowest BCUT2D eigenvalue weighted by molar-refractivity contribution is 0.672. The number of anilines is 3. The fraction of sp³-hybridized carbons (Fsp3) is 0.0192. The van der Waals surface area contributed by atoms with Crippen molar-refractivity contribution in [2.45, 2.75) is 5.41 Å². The predicted molar refractivity (Wildman–Crippen MR) is 226 cm³/mol. The fourth-order valence-electron chi connectivity index (χ4n) is 9.04. The Hall–Kier alpha value is -7.23. The molecule has 0 atom stereocenters. The lowest BCUT2D eigenvalue weighted by Gasteiger charge is -2.35. The molecule has 0 fully saturated rings. The molecule has 3 nitrogen and oxygen atoms in total. The Labute approximate surface area is 319 Å². The predicted octanol–water partition coefficient (Wildman–Crippen LogP) is 13.6. The Kier molecular flexibility index (Phi) is 7.08. The standard InChI is InChI=1S/C52H34N2O/c1-4-15-35(16-5-1)40-21-11-13-25-49(40)54(38-27-31-50-45(33-38)43-29-30-48-44(51(43)55-50)23-14-32-53-48)39-26-28-42-41-22-10-12-24-46(41)52(47(42)34-39,36-17-6-2-7-18-36)37-19-8-3-9-20-37/h1-34H. The second kappa shape index (κ2) is 12.4. The molecule has 0 saturated carbocycles. The first-order chi connectivity index (χ1) is 27.3. The number of fused-ring (bicyclic) bond motifs is 8. The largest absolute Gasteiger partial charge is 0.455 e. The normalized spacial score (nSPS) is 12.9. The highest BCUT2D eigenvalue weighted by molar-refractivity contribution is 6.15. The van der Waals surface area contributed by atoms with Crippen LogP contribution >= 0.6 is 0 Å². The van der Waals surface area contributed by atoms with Gasteiger partial charge in [-0.1, -0.05) is 140 Å². The van der Waals surface area contributed by atoms with Crippen LogP contribution < -0.4 is 4.90 Å². The number of rotatable bonds is 6. The van der Waals surface area contributed by atoms with E-state index in [-0.39, 0.29) is 0 Å². The van der Waals surface area contributed by atoms with Crippen LogP contribution in [0, 0.1) is 0 Å². The molecule has 2 heterocycles. The maximum absolute atomic E-state index is 6.57. The summed E-state index contributed by atoms with van der Waals surface area (Å²) in [7, 11) is 0. The van der Waals surface area contributed by atoms with Crippen LogP contribution in [0.1, 0.15) is 22.3 Å². The van der Waals surface area contributed by atoms with E-state index in [0.717, 1.165) is 61.0 Å². The molecule has 0 bridgehead atoms. The zero-order valence-corrected chi connectivity index (χ0v) is 29.9. The maximum atomic E-state index is 6.57. The van der Waals surface area contributed by atoms with Gasteiger partial charge >= 0.3 is 0 Å². The van der Waals surface area contributed by atoms with Gasteiger partial charge < -0.3 is 9.32 Å². The first-order valence-electron chi connectivity index (χ1n) is 18.8. The molecule has 258 valence electrons. The number of hydrogen-bond donors (Lipinski definition) is 0. The number of benzene rings is 8. The number of pyridine rings is 1. The third-order valence-electron chi connectivity index (χ3n) is 11.4. The van der Waals surface area contributed by atoms with E-state index in [1.807, 2.05) is 12.3 Å². The number of nitrogens with zero attached hydrogens (tertiary/aromatic N) is 2. The summed E-state index contributed by atoms with van der Waals surface area (Å²) in [5.41, 5.74) is 15.2. The number of para-hydroxylation sites is 1. The molecule has 3 heteroatoms. The molecule has 10 aromatic rings. The summed E-state index contributed by atoms with van der Waals surface area (Å²) in [6.45, 7) is 0. The van der Waals surface area contributed by atoms with Crippen molar-refractivity contribution in [3.63, 3.8) is 0 Å². The maximum Gasteiger partial charge on any atom is 0.144 e. The number of aromatic nitrogens is 1. The number of hydrogen-bond acceptors (Lipinski definition) is 3. The van der Waals surface area contributed by atoms with Gasteiger partial charge in [-0.2, -0.15) is 0 Å². The van der Waals surface area contributed by atoms with E-state index in [1.54, 1.807) is 0 Å². The summed E-state index contributed by atoms with van der Waals surface area (Å²) in [6.07, 6.45) is 1.83. The molecule has 1 aliphatic rings. The second-order valence-corrected chi connectivity index (χ2v) is 14.3. The van der Waals surface area contributed by atoms with Crippen molar-refractivity contribution >= 4 is 49.9 Å². The zero-order valence-electron chi connectivity index (χ0n) is 29.9. The first-order valence-corrected chi connectivity index (χ1v) is 18.8. The van der Waals surface area contributed by atoms with Crippen molar-refractivity contribution in [1.29, 1.82) is 0 Å². The molecule has 11 rings (SSSR count). The summed E-state index contributed by atoms with van der Waals surface area (Å²) < 4.78 is 6.57. The molecule has 0 unspecified atom stereocenters. The minimum Gasteiger partial charge on any atom is -0.455 e. The van der Waals surface area contributed by atoms with E-state index in [2.05, 4.69) is 204 Å². The van der Waals surface area contributed by atoms with Crippen molar-refractivity contribution in [1.82, 2.24) is 4.98 Å². The molecular weight excluding hydrogens is 669 g/mol. The lowest BCUT2D eigenvalue weighted by atomic mass is 9.67. The molecule has 2 aromatic heterocycles. The van der Waals surface area contributed by atoms with Gasteiger partial charge in [-0.15, -0.1) is 0 Å². The molecule has 0 N–H and O–H groups in total. The van der Waals surface area contributed by atoms with E-state index in [4.69, 9.17) is 4.42 Å². The summed E-state index contributed by atoms with van der Waals surface area (Å²) in [4.78, 5) is 7.02. The van der Waals surface area contributed by atoms with Crippen LogP contribution in [0.2, 0.25) is 0 Å². The van der Waals surface area contributed by atoms with Crippen molar-refractivity contribution in [2.24, 2.45) is 0 Å². The molecule has 0 aliphatic heterocycles. The summed E-state index contributed by atoms with van der Waals surface area (Å²) >= 11 is 0. The van der Waals surface area contributed by atoms with Gasteiger partial charge in [0.05, 0.1) is 16.6 Å². The third-order valence-corrected chi connectivity index (χ3v) is 11.4. The van der Waals surface area contributed by atoms with Crippen LogP contribution in [0.5, 0.6) is 0 Å². The minimum atomic E-state index is -0.519. The highest BCUT2D eigenvalue weighted by atomic mass is 16.3. The molecule has 0 spiro atoms. The molecule has 55 heavy (non-hydrogen) atoms. The molecule has 1 aliphatic carbocycles. The fourth-order valence-corrected chi connectivity index (χ4v) is 9.04. The van der Waals surface area contributed by atoms with Gasteiger partial charge in [0.1, 0.15) is 11.2 Å². The molecule has 0 radical (unpaired) electrons. The van der Waals surface area contributed by atoms with Gasteiger partial charge in [0.25, 0.3) is 0 Å². The quantitative estimate of drug-likeness (QED) is 0.173. The molecule has 0 saturated heterocycles. The average molecular weight is 703 g/mol. The smallest absolute Gasteiger partial charge is 0.144 e. The van der Waals surface area contributed by atoms with E-state index < -0.39 is 5.41 Å². The molecule has 8 aromatic carbocycles. The van der Waals surface area contributed by atoms with Crippen LogP contribution in [-0.4, -0.2) is 4.98 Å².